The van der Waals surface area contributed by atoms with Crippen molar-refractivity contribution in [2.45, 2.75) is 75.7 Å². The fraction of sp³-hybridized carbons (Fsp3) is 0.500. The predicted molar refractivity (Wildman–Crippen MR) is 135 cm³/mol. The Morgan fingerprint density at radius 1 is 0.605 bits per heavy atom. The van der Waals surface area contributed by atoms with E-state index in [9.17, 15) is 20.0 Å². The number of ether oxygens (including phenoxy) is 4. The summed E-state index contributed by atoms with van der Waals surface area (Å²) >= 11 is 0. The fourth-order valence-electron chi connectivity index (χ4n) is 5.00. The molecule has 0 saturated heterocycles. The van der Waals surface area contributed by atoms with E-state index in [4.69, 9.17) is 18.9 Å². The average molecular weight is 527 g/mol. The molecule has 0 amide bonds. The highest BCUT2D eigenvalue weighted by Gasteiger charge is 2.56. The lowest BCUT2D eigenvalue weighted by molar-refractivity contribution is -1.05. The van der Waals surface area contributed by atoms with Gasteiger partial charge in [0, 0.05) is 0 Å². The molecule has 2 aromatic rings. The van der Waals surface area contributed by atoms with Crippen LogP contribution in [0.2, 0.25) is 0 Å². The highest BCUT2D eigenvalue weighted by molar-refractivity contribution is 5.72. The van der Waals surface area contributed by atoms with Crippen LogP contribution in [0.5, 0.6) is 11.5 Å². The van der Waals surface area contributed by atoms with Gasteiger partial charge in [-0.25, -0.2) is 9.59 Å². The molecule has 0 radical (unpaired) electrons. The number of carbonyl (C=O) groups excluding carboxylic acids is 2. The molecule has 10 nitrogen and oxygen atoms in total. The van der Waals surface area contributed by atoms with Crippen molar-refractivity contribution >= 4 is 11.9 Å². The van der Waals surface area contributed by atoms with Gasteiger partial charge in [0.2, 0.25) is 0 Å². The van der Waals surface area contributed by atoms with Gasteiger partial charge in [-0.1, -0.05) is 49.2 Å². The molecule has 0 N–H and O–H groups in total. The molecule has 2 aromatic carbocycles. The third-order valence-corrected chi connectivity index (χ3v) is 6.94. The van der Waals surface area contributed by atoms with Crippen LogP contribution in [0.25, 0.3) is 0 Å². The Hall–Kier alpha value is -3.82. The van der Waals surface area contributed by atoms with Crippen LogP contribution in [0.15, 0.2) is 60.7 Å². The standard InChI is InChI=1S/C28H34N2O8/c31-25(21-35-23-13-5-1-6-14-23)37-27(17-9-3-10-18-27)29(33)30(34)28(19-11-4-12-20-28)38-26(32)22-36-24-15-7-2-8-16-24/h1-2,5-8,13-16H,3-4,9-12,17-22H2/b30-29+. The van der Waals surface area contributed by atoms with E-state index in [2.05, 4.69) is 0 Å². The van der Waals surface area contributed by atoms with Crippen LogP contribution in [-0.2, 0) is 19.1 Å². The van der Waals surface area contributed by atoms with E-state index >= 15 is 0 Å². The molecule has 2 aliphatic rings. The molecular weight excluding hydrogens is 492 g/mol. The van der Waals surface area contributed by atoms with Gasteiger partial charge in [-0.15, -0.1) is 0 Å². The van der Waals surface area contributed by atoms with Crippen molar-refractivity contribution in [3.05, 3.63) is 71.1 Å². The Balaban J connectivity index is 1.52. The molecule has 2 saturated carbocycles. The maximum Gasteiger partial charge on any atom is 0.379 e. The zero-order valence-electron chi connectivity index (χ0n) is 21.4. The molecule has 204 valence electrons. The lowest BCUT2D eigenvalue weighted by Crippen LogP contribution is -2.55. The lowest BCUT2D eigenvalue weighted by atomic mass is 9.91. The number of nitrogens with zero attached hydrogens (tertiary/aromatic N) is 2. The van der Waals surface area contributed by atoms with E-state index in [1.165, 1.54) is 0 Å². The molecule has 38 heavy (non-hydrogen) atoms. The summed E-state index contributed by atoms with van der Waals surface area (Å²) in [6, 6.07) is 17.5. The van der Waals surface area contributed by atoms with Gasteiger partial charge in [0.25, 0.3) is 0 Å². The van der Waals surface area contributed by atoms with Gasteiger partial charge in [-0.05, 0) is 49.9 Å². The molecule has 0 atom stereocenters. The number of azo groups is 1. The number of para-hydroxylation sites is 2. The summed E-state index contributed by atoms with van der Waals surface area (Å²) in [4.78, 5) is 25.8. The topological polar surface area (TPSA) is 123 Å². The van der Waals surface area contributed by atoms with Crippen molar-refractivity contribution in [2.75, 3.05) is 13.2 Å². The van der Waals surface area contributed by atoms with E-state index in [-0.39, 0.29) is 35.4 Å². The van der Waals surface area contributed by atoms with Crippen LogP contribution >= 0.6 is 0 Å². The summed E-state index contributed by atoms with van der Waals surface area (Å²) in [5.41, 5.74) is -3.40. The third kappa shape index (κ3) is 6.73. The third-order valence-electron chi connectivity index (χ3n) is 6.94. The second kappa shape index (κ2) is 12.6. The SMILES string of the molecule is O=C(COc1ccccc1)OC1(/[N+]([O-])=[N+](\[O-])C2(OC(=O)COc3ccccc3)CCCCC2)CCCCC1. The van der Waals surface area contributed by atoms with Gasteiger partial charge in [0.1, 0.15) is 11.5 Å². The number of hydrogen-bond acceptors (Lipinski definition) is 8. The van der Waals surface area contributed by atoms with E-state index < -0.39 is 36.6 Å². The highest BCUT2D eigenvalue weighted by Crippen LogP contribution is 2.37. The number of hydroxylamine groups is 2. The normalized spacial score (nSPS) is 18.9. The van der Waals surface area contributed by atoms with E-state index in [1.54, 1.807) is 48.5 Å². The Labute approximate surface area is 221 Å². The Morgan fingerprint density at radius 2 is 0.947 bits per heavy atom. The van der Waals surface area contributed by atoms with Gasteiger partial charge < -0.3 is 29.4 Å². The summed E-state index contributed by atoms with van der Waals surface area (Å²) < 4.78 is 22.3. The van der Waals surface area contributed by atoms with Gasteiger partial charge >= 0.3 is 23.4 Å². The molecule has 0 unspecified atom stereocenters. The minimum absolute atomic E-state index is 0.184. The molecule has 0 heterocycles. The zero-order chi connectivity index (χ0) is 26.8. The smallest absolute Gasteiger partial charge is 0.379 e. The van der Waals surface area contributed by atoms with Gasteiger partial charge in [0.05, 0.1) is 35.4 Å². The molecule has 2 fully saturated rings. The molecule has 0 aliphatic heterocycles. The van der Waals surface area contributed by atoms with Crippen molar-refractivity contribution in [1.82, 2.24) is 0 Å². The Bertz CT molecular complexity index is 1010. The predicted octanol–water partition coefficient (Wildman–Crippen LogP) is 5.02. The molecule has 2 aliphatic carbocycles. The molecule has 0 aromatic heterocycles. The van der Waals surface area contributed by atoms with Crippen LogP contribution in [0.3, 0.4) is 0 Å². The van der Waals surface area contributed by atoms with Crippen LogP contribution in [0.1, 0.15) is 64.2 Å². The maximum absolute atomic E-state index is 13.7. The van der Waals surface area contributed by atoms with Gasteiger partial charge in [-0.2, -0.15) is 0 Å². The van der Waals surface area contributed by atoms with Crippen molar-refractivity contribution in [1.29, 1.82) is 0 Å². The first-order valence-corrected chi connectivity index (χ1v) is 13.2. The van der Waals surface area contributed by atoms with Gasteiger partial charge in [0.15, 0.2) is 13.2 Å². The number of rotatable bonds is 10. The van der Waals surface area contributed by atoms with E-state index in [0.717, 1.165) is 12.8 Å². The van der Waals surface area contributed by atoms with E-state index in [1.807, 2.05) is 12.1 Å². The quantitative estimate of drug-likeness (QED) is 0.139. The summed E-state index contributed by atoms with van der Waals surface area (Å²) in [6.45, 7) is -0.815. The number of carbonyl (C=O) groups is 2. The first-order chi connectivity index (χ1) is 18.4. The molecule has 4 rings (SSSR count). The summed E-state index contributed by atoms with van der Waals surface area (Å²) in [5, 5.41) is 27.4. The van der Waals surface area contributed by atoms with Crippen molar-refractivity contribution in [3.8, 4) is 11.5 Å². The summed E-state index contributed by atoms with van der Waals surface area (Å²) in [5.74, 6) is -0.540. The second-order valence-electron chi connectivity index (χ2n) is 9.71. The van der Waals surface area contributed by atoms with Crippen molar-refractivity contribution in [2.24, 2.45) is 0 Å². The molecular formula is C28H34N2O8. The molecule has 0 bridgehead atoms. The highest BCUT2D eigenvalue weighted by atomic mass is 16.7. The molecule has 10 heteroatoms. The maximum atomic E-state index is 13.7. The van der Waals surface area contributed by atoms with Gasteiger partial charge in [-0.3, -0.25) is 0 Å². The fourth-order valence-corrected chi connectivity index (χ4v) is 5.00. The number of benzene rings is 2. The van der Waals surface area contributed by atoms with E-state index in [0.29, 0.717) is 37.2 Å². The molecule has 0 spiro atoms. The first-order valence-electron chi connectivity index (χ1n) is 13.2. The monoisotopic (exact) mass is 526 g/mol. The number of esters is 2. The van der Waals surface area contributed by atoms with Crippen LogP contribution in [-0.4, -0.2) is 46.3 Å². The lowest BCUT2D eigenvalue weighted by Gasteiger charge is -2.35. The van der Waals surface area contributed by atoms with Crippen molar-refractivity contribution in [3.63, 3.8) is 0 Å². The second-order valence-corrected chi connectivity index (χ2v) is 9.71. The minimum Gasteiger partial charge on any atom is -0.563 e. The summed E-state index contributed by atoms with van der Waals surface area (Å²) in [6.07, 6.45) is 4.89. The zero-order valence-corrected chi connectivity index (χ0v) is 21.4. The average Bonchev–Trinajstić information content (AvgIpc) is 2.96. The first kappa shape index (κ1) is 27.2. The Morgan fingerprint density at radius 3 is 1.29 bits per heavy atom. The largest absolute Gasteiger partial charge is 0.563 e. The van der Waals surface area contributed by atoms with Crippen LogP contribution in [0, 0.1) is 10.4 Å². The minimum atomic E-state index is -1.70. The van der Waals surface area contributed by atoms with Crippen molar-refractivity contribution < 1.29 is 38.3 Å². The Kier molecular flexibility index (Phi) is 9.04. The summed E-state index contributed by atoms with van der Waals surface area (Å²) in [7, 11) is 0. The number of hydrogen-bond donors (Lipinski definition) is 0. The van der Waals surface area contributed by atoms with Crippen LogP contribution < -0.4 is 9.47 Å². The van der Waals surface area contributed by atoms with Crippen LogP contribution in [0.4, 0.5) is 0 Å².